The molecule has 1 aromatic carbocycles. The molecule has 116 valence electrons. The van der Waals surface area contributed by atoms with E-state index in [-0.39, 0.29) is 5.75 Å². The summed E-state index contributed by atoms with van der Waals surface area (Å²) in [6.07, 6.45) is -4.75. The third-order valence-electron chi connectivity index (χ3n) is 2.23. The van der Waals surface area contributed by atoms with E-state index in [4.69, 9.17) is 11.6 Å². The van der Waals surface area contributed by atoms with Gasteiger partial charge < -0.3 is 9.47 Å². The number of carbonyl (C=O) groups is 1. The number of benzene rings is 1. The number of rotatable bonds is 5. The topological polar surface area (TPSA) is 51.1 Å². The van der Waals surface area contributed by atoms with Gasteiger partial charge in [0, 0.05) is 6.54 Å². The van der Waals surface area contributed by atoms with Gasteiger partial charge in [0.2, 0.25) is 5.17 Å². The summed E-state index contributed by atoms with van der Waals surface area (Å²) < 4.78 is 44.3. The first-order valence-corrected chi connectivity index (χ1v) is 6.10. The second-order valence-corrected chi connectivity index (χ2v) is 4.00. The minimum absolute atomic E-state index is 0.340. The smallest absolute Gasteiger partial charge is 0.464 e. The number of halogens is 4. The van der Waals surface area contributed by atoms with Gasteiger partial charge in [-0.3, -0.25) is 5.01 Å². The van der Waals surface area contributed by atoms with Crippen LogP contribution in [0.25, 0.3) is 0 Å². The Labute approximate surface area is 123 Å². The first-order chi connectivity index (χ1) is 9.76. The molecule has 0 atom stereocenters. The lowest BCUT2D eigenvalue weighted by molar-refractivity contribution is -0.274. The Bertz CT molecular complexity index is 517. The predicted molar refractivity (Wildman–Crippen MR) is 71.4 cm³/mol. The molecule has 0 heterocycles. The van der Waals surface area contributed by atoms with Crippen molar-refractivity contribution in [1.29, 1.82) is 0 Å². The minimum Gasteiger partial charge on any atom is -0.464 e. The third-order valence-corrected chi connectivity index (χ3v) is 2.46. The van der Waals surface area contributed by atoms with Crippen LogP contribution in [0.5, 0.6) is 5.75 Å². The van der Waals surface area contributed by atoms with Crippen LogP contribution in [0.15, 0.2) is 29.4 Å². The maximum Gasteiger partial charge on any atom is 0.573 e. The van der Waals surface area contributed by atoms with Gasteiger partial charge in [-0.25, -0.2) is 4.79 Å². The van der Waals surface area contributed by atoms with Crippen molar-refractivity contribution in [1.82, 2.24) is 0 Å². The normalized spacial score (nSPS) is 12.0. The Morgan fingerprint density at radius 1 is 1.33 bits per heavy atom. The van der Waals surface area contributed by atoms with Crippen molar-refractivity contribution in [2.45, 2.75) is 13.3 Å². The number of hydrazone groups is 1. The van der Waals surface area contributed by atoms with Crippen molar-refractivity contribution in [3.05, 3.63) is 24.3 Å². The highest BCUT2D eigenvalue weighted by Crippen LogP contribution is 2.25. The van der Waals surface area contributed by atoms with E-state index in [0.717, 1.165) is 19.2 Å². The molecular weight excluding hydrogens is 313 g/mol. The molecule has 0 N–H and O–H groups in total. The molecule has 0 spiro atoms. The number of hydrogen-bond donors (Lipinski definition) is 0. The Hall–Kier alpha value is -1.96. The fraction of sp³-hybridized carbons (Fsp3) is 0.333. The lowest BCUT2D eigenvalue weighted by Gasteiger charge is -2.17. The van der Waals surface area contributed by atoms with Crippen molar-refractivity contribution in [3.8, 4) is 5.75 Å². The highest BCUT2D eigenvalue weighted by atomic mass is 35.5. The van der Waals surface area contributed by atoms with Gasteiger partial charge in [0.25, 0.3) is 0 Å². The molecule has 0 aliphatic heterocycles. The van der Waals surface area contributed by atoms with Crippen LogP contribution >= 0.6 is 11.6 Å². The van der Waals surface area contributed by atoms with E-state index in [1.807, 2.05) is 0 Å². The van der Waals surface area contributed by atoms with E-state index in [1.165, 1.54) is 17.1 Å². The minimum atomic E-state index is -4.75. The van der Waals surface area contributed by atoms with E-state index >= 15 is 0 Å². The first-order valence-electron chi connectivity index (χ1n) is 5.72. The Morgan fingerprint density at radius 2 is 1.90 bits per heavy atom. The molecule has 0 amide bonds. The molecule has 0 saturated heterocycles. The molecule has 0 radical (unpaired) electrons. The van der Waals surface area contributed by atoms with E-state index in [9.17, 15) is 18.0 Å². The van der Waals surface area contributed by atoms with Crippen LogP contribution in [-0.2, 0) is 9.53 Å². The van der Waals surface area contributed by atoms with E-state index in [2.05, 4.69) is 14.6 Å². The molecule has 1 rings (SSSR count). The average Bonchev–Trinajstić information content (AvgIpc) is 2.43. The zero-order valence-electron chi connectivity index (χ0n) is 11.1. The number of nitrogens with zero attached hydrogens (tertiary/aromatic N) is 2. The van der Waals surface area contributed by atoms with Crippen LogP contribution in [0.3, 0.4) is 0 Å². The molecule has 0 fully saturated rings. The second kappa shape index (κ2) is 7.16. The van der Waals surface area contributed by atoms with Crippen molar-refractivity contribution >= 4 is 28.4 Å². The SMILES string of the molecule is CCN(/N=C(\Cl)C(=O)OC)c1ccc(OC(F)(F)F)cc1. The fourth-order valence-electron chi connectivity index (χ4n) is 1.36. The molecule has 0 unspecified atom stereocenters. The molecule has 0 aliphatic rings. The summed E-state index contributed by atoms with van der Waals surface area (Å²) in [5, 5.41) is 4.75. The van der Waals surface area contributed by atoms with Gasteiger partial charge in [0.1, 0.15) is 5.75 Å². The van der Waals surface area contributed by atoms with E-state index in [0.29, 0.717) is 12.2 Å². The number of hydrogen-bond acceptors (Lipinski definition) is 5. The van der Waals surface area contributed by atoms with Gasteiger partial charge in [-0.05, 0) is 31.2 Å². The summed E-state index contributed by atoms with van der Waals surface area (Å²) in [7, 11) is 1.15. The molecule has 0 aliphatic carbocycles. The molecule has 0 saturated carbocycles. The average molecular weight is 325 g/mol. The number of carbonyl (C=O) groups excluding carboxylic acids is 1. The molecule has 9 heteroatoms. The molecular formula is C12H12ClF3N2O3. The Morgan fingerprint density at radius 3 is 2.33 bits per heavy atom. The highest BCUT2D eigenvalue weighted by molar-refractivity contribution is 6.82. The Balaban J connectivity index is 2.90. The summed E-state index contributed by atoms with van der Waals surface area (Å²) >= 11 is 5.63. The number of alkyl halides is 3. The number of ether oxygens (including phenoxy) is 2. The van der Waals surface area contributed by atoms with Crippen molar-refractivity contribution < 1.29 is 27.4 Å². The van der Waals surface area contributed by atoms with Gasteiger partial charge in [0.05, 0.1) is 12.8 Å². The zero-order chi connectivity index (χ0) is 16.0. The summed E-state index contributed by atoms with van der Waals surface area (Å²) in [5.74, 6) is -1.17. The summed E-state index contributed by atoms with van der Waals surface area (Å²) in [6.45, 7) is 2.07. The molecule has 1 aromatic rings. The van der Waals surface area contributed by atoms with Crippen molar-refractivity contribution in [2.24, 2.45) is 5.10 Å². The first kappa shape index (κ1) is 17.1. The van der Waals surface area contributed by atoms with Crippen LogP contribution in [-0.4, -0.2) is 31.2 Å². The van der Waals surface area contributed by atoms with Gasteiger partial charge in [-0.2, -0.15) is 5.10 Å². The maximum atomic E-state index is 12.0. The van der Waals surface area contributed by atoms with Crippen LogP contribution in [0, 0.1) is 0 Å². The summed E-state index contributed by atoms with van der Waals surface area (Å²) in [4.78, 5) is 11.1. The van der Waals surface area contributed by atoms with Crippen LogP contribution in [0.4, 0.5) is 18.9 Å². The van der Waals surface area contributed by atoms with Gasteiger partial charge in [0.15, 0.2) is 0 Å². The molecule has 0 bridgehead atoms. The fourth-order valence-corrected chi connectivity index (χ4v) is 1.53. The van der Waals surface area contributed by atoms with E-state index in [1.54, 1.807) is 6.92 Å². The zero-order valence-corrected chi connectivity index (χ0v) is 11.9. The standard InChI is InChI=1S/C12H12ClF3N2O3/c1-3-18(17-10(13)11(19)20-2)8-4-6-9(7-5-8)21-12(14,15)16/h4-7H,3H2,1-2H3/b17-10-. The molecule has 21 heavy (non-hydrogen) atoms. The van der Waals surface area contributed by atoms with E-state index < -0.39 is 17.5 Å². The molecule has 0 aromatic heterocycles. The van der Waals surface area contributed by atoms with Crippen molar-refractivity contribution in [3.63, 3.8) is 0 Å². The predicted octanol–water partition coefficient (Wildman–Crippen LogP) is 3.14. The van der Waals surface area contributed by atoms with Crippen LogP contribution < -0.4 is 9.75 Å². The Kier molecular flexibility index (Phi) is 5.83. The highest BCUT2D eigenvalue weighted by Gasteiger charge is 2.31. The maximum absolute atomic E-state index is 12.0. The lowest BCUT2D eigenvalue weighted by atomic mass is 10.3. The van der Waals surface area contributed by atoms with Gasteiger partial charge in [-0.1, -0.05) is 11.6 Å². The summed E-state index contributed by atoms with van der Waals surface area (Å²) in [6, 6.07) is 4.98. The van der Waals surface area contributed by atoms with Gasteiger partial charge >= 0.3 is 12.3 Å². The largest absolute Gasteiger partial charge is 0.573 e. The number of esters is 1. The number of anilines is 1. The van der Waals surface area contributed by atoms with Crippen molar-refractivity contribution in [2.75, 3.05) is 18.7 Å². The van der Waals surface area contributed by atoms with Crippen LogP contribution in [0.1, 0.15) is 6.92 Å². The van der Waals surface area contributed by atoms with Gasteiger partial charge in [-0.15, -0.1) is 13.2 Å². The third kappa shape index (κ3) is 5.50. The summed E-state index contributed by atoms with van der Waals surface area (Å²) in [5.41, 5.74) is 0.439. The quantitative estimate of drug-likeness (QED) is 0.474. The number of methoxy groups -OCH3 is 1. The lowest BCUT2D eigenvalue weighted by Crippen LogP contribution is -2.21. The second-order valence-electron chi connectivity index (χ2n) is 3.64. The monoisotopic (exact) mass is 324 g/mol. The van der Waals surface area contributed by atoms with Crippen LogP contribution in [0.2, 0.25) is 0 Å². The molecule has 5 nitrogen and oxygen atoms in total.